The highest BCUT2D eigenvalue weighted by atomic mass is 16.5. The average Bonchev–Trinajstić information content (AvgIpc) is 3.45. The summed E-state index contributed by atoms with van der Waals surface area (Å²) in [6.07, 6.45) is 5.78. The molecule has 2 aromatic heterocycles. The lowest BCUT2D eigenvalue weighted by Crippen LogP contribution is -2.37. The minimum Gasteiger partial charge on any atom is -0.491 e. The van der Waals surface area contributed by atoms with Crippen molar-refractivity contribution in [2.45, 2.75) is 13.0 Å². The maximum Gasteiger partial charge on any atom is 0.187 e. The summed E-state index contributed by atoms with van der Waals surface area (Å²) in [7, 11) is 1.61. The monoisotopic (exact) mass is 499 g/mol. The van der Waals surface area contributed by atoms with Gasteiger partial charge in [-0.15, -0.1) is 0 Å². The van der Waals surface area contributed by atoms with E-state index in [4.69, 9.17) is 14.2 Å². The Morgan fingerprint density at radius 3 is 2.59 bits per heavy atom. The highest BCUT2D eigenvalue weighted by Crippen LogP contribution is 2.39. The Morgan fingerprint density at radius 1 is 1.08 bits per heavy atom. The first-order chi connectivity index (χ1) is 18.2. The van der Waals surface area contributed by atoms with Gasteiger partial charge in [0, 0.05) is 36.9 Å². The van der Waals surface area contributed by atoms with Gasteiger partial charge in [0.2, 0.25) is 0 Å². The van der Waals surface area contributed by atoms with Crippen LogP contribution in [-0.2, 0) is 11.3 Å². The molecule has 1 aliphatic rings. The lowest BCUT2D eigenvalue weighted by molar-refractivity contribution is 0.0357. The molecule has 1 saturated heterocycles. The van der Waals surface area contributed by atoms with Crippen molar-refractivity contribution in [3.05, 3.63) is 66.1 Å². The van der Waals surface area contributed by atoms with Crippen LogP contribution < -0.4 is 14.8 Å². The van der Waals surface area contributed by atoms with Gasteiger partial charge in [-0.25, -0.2) is 0 Å². The molecule has 0 radical (unpaired) electrons. The topological polar surface area (TPSA) is 110 Å². The van der Waals surface area contributed by atoms with E-state index in [0.717, 1.165) is 55.9 Å². The minimum absolute atomic E-state index is 0.443. The lowest BCUT2D eigenvalue weighted by Gasteiger charge is -2.26. The van der Waals surface area contributed by atoms with Crippen LogP contribution in [0.1, 0.15) is 17.5 Å². The summed E-state index contributed by atoms with van der Waals surface area (Å²) in [6.45, 7) is 5.63. The summed E-state index contributed by atoms with van der Waals surface area (Å²) in [5, 5.41) is 22.2. The number of nitrogens with one attached hydrogen (secondary N) is 1. The van der Waals surface area contributed by atoms with Crippen LogP contribution >= 0.6 is 0 Å². The number of hydrogen-bond donors (Lipinski definition) is 1. The van der Waals surface area contributed by atoms with Crippen LogP contribution in [0.3, 0.4) is 0 Å². The number of nitrogens with zero attached hydrogens (tertiary/aromatic N) is 6. The Balaban J connectivity index is 1.33. The molecule has 0 amide bonds. The van der Waals surface area contributed by atoms with E-state index >= 15 is 0 Å². The third-order valence-corrected chi connectivity index (χ3v) is 6.28. The van der Waals surface area contributed by atoms with Crippen LogP contribution in [0.25, 0.3) is 10.9 Å². The largest absolute Gasteiger partial charge is 0.491 e. The molecule has 0 unspecified atom stereocenters. The van der Waals surface area contributed by atoms with Gasteiger partial charge in [0.15, 0.2) is 11.5 Å². The van der Waals surface area contributed by atoms with Crippen molar-refractivity contribution >= 4 is 22.3 Å². The summed E-state index contributed by atoms with van der Waals surface area (Å²) in [5.74, 6) is 1.19. The van der Waals surface area contributed by atoms with Gasteiger partial charge in [-0.05, 0) is 36.2 Å². The Kier molecular flexibility index (Phi) is 7.74. The van der Waals surface area contributed by atoms with Gasteiger partial charge in [-0.2, -0.15) is 20.3 Å². The van der Waals surface area contributed by atoms with E-state index < -0.39 is 0 Å². The molecule has 37 heavy (non-hydrogen) atoms. The zero-order chi connectivity index (χ0) is 25.5. The number of nitriles is 1. The fourth-order valence-corrected chi connectivity index (χ4v) is 4.37. The highest BCUT2D eigenvalue weighted by molar-refractivity contribution is 5.99. The molecule has 4 aromatic rings. The van der Waals surface area contributed by atoms with Crippen molar-refractivity contribution in [3.63, 3.8) is 0 Å². The van der Waals surface area contributed by atoms with Crippen molar-refractivity contribution in [1.29, 1.82) is 5.26 Å². The molecule has 190 valence electrons. The molecule has 10 heteroatoms. The number of morpholine rings is 1. The predicted octanol–water partition coefficient (Wildman–Crippen LogP) is 3.60. The average molecular weight is 500 g/mol. The van der Waals surface area contributed by atoms with Crippen LogP contribution in [-0.4, -0.2) is 71.4 Å². The minimum atomic E-state index is 0.443. The number of anilines is 2. The van der Waals surface area contributed by atoms with E-state index in [-0.39, 0.29) is 0 Å². The van der Waals surface area contributed by atoms with Crippen LogP contribution in [0.4, 0.5) is 11.4 Å². The second-order valence-electron chi connectivity index (χ2n) is 8.69. The van der Waals surface area contributed by atoms with Gasteiger partial charge < -0.3 is 19.5 Å². The first-order valence-electron chi connectivity index (χ1n) is 12.3. The molecule has 0 atom stereocenters. The van der Waals surface area contributed by atoms with Crippen LogP contribution in [0, 0.1) is 11.3 Å². The maximum absolute atomic E-state index is 9.76. The zero-order valence-corrected chi connectivity index (χ0v) is 20.8. The van der Waals surface area contributed by atoms with E-state index in [2.05, 4.69) is 31.5 Å². The SMILES string of the molecule is COc1c(OCCCN2CCOCC2)ccc2c(Nc3ccc(Cn4nccn4)cc3)c(C#N)cnc12. The second kappa shape index (κ2) is 11.7. The molecule has 1 fully saturated rings. The Hall–Kier alpha value is -4.20. The van der Waals surface area contributed by atoms with Crippen molar-refractivity contribution in [2.24, 2.45) is 0 Å². The lowest BCUT2D eigenvalue weighted by atomic mass is 10.1. The molecule has 2 aromatic carbocycles. The van der Waals surface area contributed by atoms with E-state index in [9.17, 15) is 5.26 Å². The quantitative estimate of drug-likeness (QED) is 0.327. The molecule has 0 aliphatic carbocycles. The molecule has 5 rings (SSSR count). The summed E-state index contributed by atoms with van der Waals surface area (Å²) in [5.41, 5.74) is 3.67. The maximum atomic E-state index is 9.76. The summed E-state index contributed by atoms with van der Waals surface area (Å²) in [6, 6.07) is 14.0. The van der Waals surface area contributed by atoms with E-state index in [1.165, 1.54) is 0 Å². The van der Waals surface area contributed by atoms with Crippen molar-refractivity contribution in [3.8, 4) is 17.6 Å². The number of pyridine rings is 1. The van der Waals surface area contributed by atoms with Gasteiger partial charge in [0.25, 0.3) is 0 Å². The molecule has 1 N–H and O–H groups in total. The number of rotatable bonds is 10. The second-order valence-corrected chi connectivity index (χ2v) is 8.69. The molecule has 0 saturated carbocycles. The van der Waals surface area contributed by atoms with Gasteiger partial charge in [-0.3, -0.25) is 9.88 Å². The summed E-state index contributed by atoms with van der Waals surface area (Å²) in [4.78, 5) is 8.55. The first kappa shape index (κ1) is 24.5. The normalized spacial score (nSPS) is 13.8. The van der Waals surface area contributed by atoms with Crippen LogP contribution in [0.15, 0.2) is 55.0 Å². The number of hydrogen-bond acceptors (Lipinski definition) is 9. The highest BCUT2D eigenvalue weighted by Gasteiger charge is 2.17. The van der Waals surface area contributed by atoms with Crippen molar-refractivity contribution in [2.75, 3.05) is 51.9 Å². The zero-order valence-electron chi connectivity index (χ0n) is 20.8. The number of benzene rings is 2. The Labute approximate surface area is 215 Å². The first-order valence-corrected chi connectivity index (χ1v) is 12.3. The summed E-state index contributed by atoms with van der Waals surface area (Å²) < 4.78 is 17.2. The smallest absolute Gasteiger partial charge is 0.187 e. The van der Waals surface area contributed by atoms with Crippen molar-refractivity contribution in [1.82, 2.24) is 24.9 Å². The molecule has 0 spiro atoms. The standard InChI is InChI=1S/C27H29N7O3/c1-35-27-24(37-14-2-11-33-12-15-36-16-13-33)8-7-23-25(21(17-28)18-29-26(23)27)32-22-5-3-20(4-6-22)19-34-30-9-10-31-34/h3-10,18H,2,11-16,19H2,1H3,(H,29,32). The molecule has 1 aliphatic heterocycles. The van der Waals surface area contributed by atoms with Crippen LogP contribution in [0.5, 0.6) is 11.5 Å². The predicted molar refractivity (Wildman–Crippen MR) is 139 cm³/mol. The molecule has 10 nitrogen and oxygen atoms in total. The number of fused-ring (bicyclic) bond motifs is 1. The Bertz CT molecular complexity index is 1360. The third-order valence-electron chi connectivity index (χ3n) is 6.28. The van der Waals surface area contributed by atoms with Gasteiger partial charge in [-0.1, -0.05) is 12.1 Å². The number of ether oxygens (including phenoxy) is 3. The molecule has 0 bridgehead atoms. The van der Waals surface area contributed by atoms with Gasteiger partial charge >= 0.3 is 0 Å². The number of methoxy groups -OCH3 is 1. The number of aromatic nitrogens is 4. The fraction of sp³-hybridized carbons (Fsp3) is 0.333. The fourth-order valence-electron chi connectivity index (χ4n) is 4.37. The third kappa shape index (κ3) is 5.80. The summed E-state index contributed by atoms with van der Waals surface area (Å²) >= 11 is 0. The van der Waals surface area contributed by atoms with Crippen LogP contribution in [0.2, 0.25) is 0 Å². The Morgan fingerprint density at radius 2 is 1.86 bits per heavy atom. The van der Waals surface area contributed by atoms with E-state index in [0.29, 0.717) is 41.4 Å². The van der Waals surface area contributed by atoms with Gasteiger partial charge in [0.1, 0.15) is 11.6 Å². The van der Waals surface area contributed by atoms with Crippen molar-refractivity contribution < 1.29 is 14.2 Å². The molecular weight excluding hydrogens is 470 g/mol. The van der Waals surface area contributed by atoms with E-state index in [1.807, 2.05) is 36.4 Å². The molecule has 3 heterocycles. The van der Waals surface area contributed by atoms with Gasteiger partial charge in [0.05, 0.1) is 57.1 Å². The molecular formula is C27H29N7O3. The van der Waals surface area contributed by atoms with E-state index in [1.54, 1.807) is 30.5 Å².